The molecule has 1 N–H and O–H groups in total. The second-order valence-corrected chi connectivity index (χ2v) is 3.55. The molecule has 17 heavy (non-hydrogen) atoms. The minimum Gasteiger partial charge on any atom is -0.490 e. The van der Waals surface area contributed by atoms with Crippen LogP contribution in [0.5, 0.6) is 5.75 Å². The van der Waals surface area contributed by atoms with E-state index in [0.717, 1.165) is 18.8 Å². The summed E-state index contributed by atoms with van der Waals surface area (Å²) in [6, 6.07) is 8.06. The fraction of sp³-hybridized carbons (Fsp3) is 0.286. The molecular weight excluding hydrogens is 234 g/mol. The second-order valence-electron chi connectivity index (χ2n) is 3.55. The van der Waals surface area contributed by atoms with E-state index in [1.54, 1.807) is 0 Å². The van der Waals surface area contributed by atoms with Crippen LogP contribution in [0.1, 0.15) is 5.56 Å². The van der Waals surface area contributed by atoms with Gasteiger partial charge in [-0.3, -0.25) is 0 Å². The Morgan fingerprint density at radius 3 is 2.82 bits per heavy atom. The number of halogens is 1. The average molecular weight is 254 g/mol. The van der Waals surface area contributed by atoms with Crippen LogP contribution in [0.2, 0.25) is 0 Å². The summed E-state index contributed by atoms with van der Waals surface area (Å²) in [5.41, 5.74) is 1.22. The van der Waals surface area contributed by atoms with Gasteiger partial charge in [-0.1, -0.05) is 30.4 Å². The first-order valence-electron chi connectivity index (χ1n) is 5.49. The van der Waals surface area contributed by atoms with Gasteiger partial charge in [-0.15, -0.1) is 19.0 Å². The van der Waals surface area contributed by atoms with Crippen molar-refractivity contribution in [1.82, 2.24) is 5.32 Å². The largest absolute Gasteiger partial charge is 0.490 e. The Bertz CT molecular complexity index is 350. The number of rotatable bonds is 7. The number of ether oxygens (including phenoxy) is 1. The summed E-state index contributed by atoms with van der Waals surface area (Å²) in [5, 5.41) is 3.18. The Balaban J connectivity index is 0.00000256. The van der Waals surface area contributed by atoms with Crippen molar-refractivity contribution in [2.45, 2.75) is 6.92 Å². The molecule has 1 aromatic rings. The summed E-state index contributed by atoms with van der Waals surface area (Å²) < 4.78 is 5.56. The molecule has 0 atom stereocenters. The molecule has 1 rings (SSSR count). The summed E-state index contributed by atoms with van der Waals surface area (Å²) in [5.74, 6) is 0.920. The van der Waals surface area contributed by atoms with Gasteiger partial charge in [0.1, 0.15) is 12.4 Å². The molecule has 0 radical (unpaired) electrons. The Hall–Kier alpha value is -1.25. The first kappa shape index (κ1) is 15.8. The molecule has 2 nitrogen and oxygen atoms in total. The van der Waals surface area contributed by atoms with Crippen molar-refractivity contribution >= 4 is 12.4 Å². The molecule has 0 aliphatic carbocycles. The van der Waals surface area contributed by atoms with Crippen molar-refractivity contribution in [2.24, 2.45) is 0 Å². The van der Waals surface area contributed by atoms with E-state index in [2.05, 4.69) is 31.0 Å². The van der Waals surface area contributed by atoms with Crippen molar-refractivity contribution in [3.8, 4) is 5.75 Å². The molecule has 0 aliphatic heterocycles. The van der Waals surface area contributed by atoms with Gasteiger partial charge in [0, 0.05) is 13.1 Å². The summed E-state index contributed by atoms with van der Waals surface area (Å²) in [6.07, 6.45) is 5.91. The van der Waals surface area contributed by atoms with E-state index in [4.69, 9.17) is 4.74 Å². The van der Waals surface area contributed by atoms with Crippen LogP contribution < -0.4 is 10.1 Å². The van der Waals surface area contributed by atoms with Crippen LogP contribution >= 0.6 is 12.4 Å². The monoisotopic (exact) mass is 253 g/mol. The number of aryl methyl sites for hydroxylation is 1. The summed E-state index contributed by atoms with van der Waals surface area (Å²) >= 11 is 0. The van der Waals surface area contributed by atoms with Crippen LogP contribution in [0.4, 0.5) is 0 Å². The zero-order valence-electron chi connectivity index (χ0n) is 10.2. The third-order valence-corrected chi connectivity index (χ3v) is 2.05. The average Bonchev–Trinajstić information content (AvgIpc) is 2.28. The zero-order valence-corrected chi connectivity index (χ0v) is 11.0. The number of hydrogen-bond acceptors (Lipinski definition) is 2. The predicted octanol–water partition coefficient (Wildman–Crippen LogP) is 3.13. The van der Waals surface area contributed by atoms with Crippen LogP contribution in [0.3, 0.4) is 0 Å². The fourth-order valence-electron chi connectivity index (χ4n) is 1.27. The number of benzene rings is 1. The van der Waals surface area contributed by atoms with Gasteiger partial charge in [0.25, 0.3) is 0 Å². The third kappa shape index (κ3) is 7.61. The standard InChI is InChI=1S/C14H19NO.ClH/c1-3-9-15-10-4-5-11-16-14-8-6-7-13(2)12-14;/h3-8,12,15H,1,9-11H2,2H3;1H/b5-4+;. The van der Waals surface area contributed by atoms with Crippen LogP contribution in [0.15, 0.2) is 49.1 Å². The molecule has 0 aromatic heterocycles. The molecular formula is C14H20ClNO. The highest BCUT2D eigenvalue weighted by Gasteiger charge is 1.90. The van der Waals surface area contributed by atoms with E-state index in [0.29, 0.717) is 6.61 Å². The van der Waals surface area contributed by atoms with Gasteiger partial charge < -0.3 is 10.1 Å². The van der Waals surface area contributed by atoms with Crippen LogP contribution in [-0.4, -0.2) is 19.7 Å². The Labute approximate surface area is 110 Å². The van der Waals surface area contributed by atoms with Gasteiger partial charge in [-0.2, -0.15) is 0 Å². The number of nitrogens with one attached hydrogen (secondary N) is 1. The van der Waals surface area contributed by atoms with E-state index in [1.807, 2.05) is 30.4 Å². The molecule has 0 heterocycles. The zero-order chi connectivity index (χ0) is 11.6. The van der Waals surface area contributed by atoms with E-state index in [9.17, 15) is 0 Å². The summed E-state index contributed by atoms with van der Waals surface area (Å²) in [4.78, 5) is 0. The van der Waals surface area contributed by atoms with Gasteiger partial charge in [-0.25, -0.2) is 0 Å². The van der Waals surface area contributed by atoms with Gasteiger partial charge in [0.15, 0.2) is 0 Å². The lowest BCUT2D eigenvalue weighted by Gasteiger charge is -2.03. The van der Waals surface area contributed by atoms with Gasteiger partial charge >= 0.3 is 0 Å². The summed E-state index contributed by atoms with van der Waals surface area (Å²) in [6.45, 7) is 7.99. The molecule has 0 spiro atoms. The normalized spacial score (nSPS) is 9.94. The molecule has 0 aliphatic rings. The highest BCUT2D eigenvalue weighted by atomic mass is 35.5. The van der Waals surface area contributed by atoms with Gasteiger partial charge in [0.2, 0.25) is 0 Å². The Morgan fingerprint density at radius 1 is 1.29 bits per heavy atom. The molecule has 94 valence electrons. The molecule has 1 aromatic carbocycles. The van der Waals surface area contributed by atoms with Crippen LogP contribution in [-0.2, 0) is 0 Å². The lowest BCUT2D eigenvalue weighted by molar-refractivity contribution is 0.362. The Kier molecular flexibility index (Phi) is 9.21. The SMILES string of the molecule is C=CCNC/C=C/COc1cccc(C)c1.Cl. The number of hydrogen-bond donors (Lipinski definition) is 1. The van der Waals surface area contributed by atoms with E-state index >= 15 is 0 Å². The van der Waals surface area contributed by atoms with Crippen molar-refractivity contribution in [3.63, 3.8) is 0 Å². The first-order chi connectivity index (χ1) is 7.83. The maximum Gasteiger partial charge on any atom is 0.120 e. The van der Waals surface area contributed by atoms with Gasteiger partial charge in [-0.05, 0) is 24.6 Å². The molecule has 0 saturated carbocycles. The highest BCUT2D eigenvalue weighted by molar-refractivity contribution is 5.85. The van der Waals surface area contributed by atoms with E-state index in [1.165, 1.54) is 5.56 Å². The molecule has 0 amide bonds. The maximum atomic E-state index is 5.56. The van der Waals surface area contributed by atoms with Crippen molar-refractivity contribution in [3.05, 3.63) is 54.6 Å². The van der Waals surface area contributed by atoms with Crippen LogP contribution in [0.25, 0.3) is 0 Å². The van der Waals surface area contributed by atoms with Crippen LogP contribution in [0, 0.1) is 6.92 Å². The minimum absolute atomic E-state index is 0. The Morgan fingerprint density at radius 2 is 2.12 bits per heavy atom. The molecule has 0 saturated heterocycles. The van der Waals surface area contributed by atoms with Crippen molar-refractivity contribution in [1.29, 1.82) is 0 Å². The van der Waals surface area contributed by atoms with E-state index in [-0.39, 0.29) is 12.4 Å². The smallest absolute Gasteiger partial charge is 0.120 e. The van der Waals surface area contributed by atoms with Crippen molar-refractivity contribution < 1.29 is 4.74 Å². The fourth-order valence-corrected chi connectivity index (χ4v) is 1.27. The highest BCUT2D eigenvalue weighted by Crippen LogP contribution is 2.11. The molecule has 0 fully saturated rings. The first-order valence-corrected chi connectivity index (χ1v) is 5.49. The molecule has 0 bridgehead atoms. The minimum atomic E-state index is 0. The molecule has 0 unspecified atom stereocenters. The lowest BCUT2D eigenvalue weighted by atomic mass is 10.2. The predicted molar refractivity (Wildman–Crippen MR) is 76.1 cm³/mol. The third-order valence-electron chi connectivity index (χ3n) is 2.05. The topological polar surface area (TPSA) is 21.3 Å². The van der Waals surface area contributed by atoms with Gasteiger partial charge in [0.05, 0.1) is 0 Å². The van der Waals surface area contributed by atoms with E-state index < -0.39 is 0 Å². The summed E-state index contributed by atoms with van der Waals surface area (Å²) in [7, 11) is 0. The lowest BCUT2D eigenvalue weighted by Crippen LogP contribution is -2.12. The van der Waals surface area contributed by atoms with Crippen molar-refractivity contribution in [2.75, 3.05) is 19.7 Å². The maximum absolute atomic E-state index is 5.56. The second kappa shape index (κ2) is 9.94. The quantitative estimate of drug-likeness (QED) is 0.596. The molecule has 3 heteroatoms.